The molecule has 0 aromatic heterocycles. The maximum atomic E-state index is 13.7. The largest absolute Gasteiger partial charge is 0.372 e. The van der Waals surface area contributed by atoms with E-state index in [1.165, 1.54) is 23.4 Å². The van der Waals surface area contributed by atoms with Crippen LogP contribution in [0.25, 0.3) is 5.57 Å². The number of hydrogen-bond donors (Lipinski definition) is 1. The maximum absolute atomic E-state index is 13.7. The van der Waals surface area contributed by atoms with Crippen molar-refractivity contribution in [2.24, 2.45) is 0 Å². The molecule has 2 amide bonds. The molecule has 1 N–H and O–H groups in total. The van der Waals surface area contributed by atoms with Crippen LogP contribution in [0.4, 0.5) is 17.1 Å². The molecule has 5 nitrogen and oxygen atoms in total. The van der Waals surface area contributed by atoms with Crippen LogP contribution in [0.15, 0.2) is 72.4 Å². The number of imide groups is 1. The quantitative estimate of drug-likeness (QED) is 0.513. The van der Waals surface area contributed by atoms with Crippen molar-refractivity contribution in [2.75, 3.05) is 28.2 Å². The minimum absolute atomic E-state index is 0.307. The monoisotopic (exact) mass is 451 g/mol. The number of amides is 2. The summed E-state index contributed by atoms with van der Waals surface area (Å²) >= 11 is 0. The van der Waals surface area contributed by atoms with Gasteiger partial charge in [-0.3, -0.25) is 9.59 Å². The van der Waals surface area contributed by atoms with Crippen molar-refractivity contribution < 1.29 is 9.59 Å². The van der Waals surface area contributed by atoms with Crippen molar-refractivity contribution >= 4 is 34.4 Å². The number of carbonyl (C=O) groups is 2. The fourth-order valence-electron chi connectivity index (χ4n) is 4.69. The third-order valence-corrected chi connectivity index (χ3v) is 6.64. The average Bonchev–Trinajstić information content (AvgIpc) is 3.45. The predicted octanol–water partition coefficient (Wildman–Crippen LogP) is 5.61. The zero-order chi connectivity index (χ0) is 23.8. The van der Waals surface area contributed by atoms with Crippen molar-refractivity contribution in [2.45, 2.75) is 33.6 Å². The Morgan fingerprint density at radius 1 is 0.735 bits per heavy atom. The molecule has 1 saturated heterocycles. The SMILES string of the molecule is Cc1ccc(C2=C(Nc3ccc(N4CCCC4)cc3)C(=O)N(c3cc(C)ccc3C)C2=O)cc1. The minimum atomic E-state index is -0.335. The molecule has 34 heavy (non-hydrogen) atoms. The molecule has 5 heteroatoms. The van der Waals surface area contributed by atoms with Gasteiger partial charge in [-0.2, -0.15) is 0 Å². The number of benzene rings is 3. The molecule has 0 radical (unpaired) electrons. The second kappa shape index (κ2) is 8.82. The lowest BCUT2D eigenvalue weighted by Crippen LogP contribution is -2.33. The van der Waals surface area contributed by atoms with Gasteiger partial charge in [0.05, 0.1) is 11.3 Å². The highest BCUT2D eigenvalue weighted by Crippen LogP contribution is 2.36. The molecule has 2 heterocycles. The summed E-state index contributed by atoms with van der Waals surface area (Å²) in [5.41, 5.74) is 7.00. The van der Waals surface area contributed by atoms with Crippen LogP contribution in [-0.2, 0) is 9.59 Å². The van der Waals surface area contributed by atoms with E-state index in [2.05, 4.69) is 22.3 Å². The predicted molar refractivity (Wildman–Crippen MR) is 138 cm³/mol. The Kier molecular flexibility index (Phi) is 5.70. The highest BCUT2D eigenvalue weighted by Gasteiger charge is 2.40. The topological polar surface area (TPSA) is 52.7 Å². The van der Waals surface area contributed by atoms with Crippen LogP contribution in [0.2, 0.25) is 0 Å². The Balaban J connectivity index is 1.54. The summed E-state index contributed by atoms with van der Waals surface area (Å²) in [6, 6.07) is 21.7. The van der Waals surface area contributed by atoms with E-state index in [9.17, 15) is 9.59 Å². The molecule has 3 aromatic carbocycles. The average molecular weight is 452 g/mol. The normalized spacial score (nSPS) is 16.1. The van der Waals surface area contributed by atoms with Gasteiger partial charge in [0.1, 0.15) is 5.70 Å². The Hall–Kier alpha value is -3.86. The Bertz CT molecular complexity index is 1280. The van der Waals surface area contributed by atoms with E-state index < -0.39 is 0 Å². The van der Waals surface area contributed by atoms with Crippen LogP contribution >= 0.6 is 0 Å². The maximum Gasteiger partial charge on any atom is 0.282 e. The van der Waals surface area contributed by atoms with Gasteiger partial charge in [-0.25, -0.2) is 4.90 Å². The van der Waals surface area contributed by atoms with Gasteiger partial charge in [-0.05, 0) is 80.6 Å². The van der Waals surface area contributed by atoms with Gasteiger partial charge in [0.15, 0.2) is 0 Å². The van der Waals surface area contributed by atoms with E-state index in [0.717, 1.165) is 41.0 Å². The van der Waals surface area contributed by atoms with Crippen LogP contribution < -0.4 is 15.1 Å². The first-order valence-corrected chi connectivity index (χ1v) is 11.8. The Morgan fingerprint density at radius 2 is 1.38 bits per heavy atom. The highest BCUT2D eigenvalue weighted by molar-refractivity contribution is 6.46. The lowest BCUT2D eigenvalue weighted by molar-refractivity contribution is -0.120. The summed E-state index contributed by atoms with van der Waals surface area (Å²) in [6.45, 7) is 8.04. The summed E-state index contributed by atoms with van der Waals surface area (Å²) in [4.78, 5) is 31.1. The molecule has 0 bridgehead atoms. The van der Waals surface area contributed by atoms with Gasteiger partial charge in [-0.15, -0.1) is 0 Å². The number of hydrogen-bond acceptors (Lipinski definition) is 4. The zero-order valence-electron chi connectivity index (χ0n) is 19.9. The van der Waals surface area contributed by atoms with Crippen LogP contribution in [0, 0.1) is 20.8 Å². The number of carbonyl (C=O) groups excluding carboxylic acids is 2. The summed E-state index contributed by atoms with van der Waals surface area (Å²) in [5.74, 6) is -0.642. The second-order valence-electron chi connectivity index (χ2n) is 9.22. The molecule has 0 spiro atoms. The molecule has 0 aliphatic carbocycles. The molecular weight excluding hydrogens is 422 g/mol. The molecule has 2 aliphatic heterocycles. The first-order chi connectivity index (χ1) is 16.4. The Labute approximate surface area is 200 Å². The van der Waals surface area contributed by atoms with Gasteiger partial charge >= 0.3 is 0 Å². The number of aryl methyl sites for hydroxylation is 3. The number of nitrogens with one attached hydrogen (secondary N) is 1. The summed E-state index contributed by atoms with van der Waals surface area (Å²) in [7, 11) is 0. The first kappa shape index (κ1) is 22.0. The van der Waals surface area contributed by atoms with Gasteiger partial charge < -0.3 is 10.2 Å². The number of anilines is 3. The molecular formula is C29H29N3O2. The van der Waals surface area contributed by atoms with Crippen molar-refractivity contribution in [3.8, 4) is 0 Å². The van der Waals surface area contributed by atoms with Gasteiger partial charge in [0.25, 0.3) is 11.8 Å². The number of rotatable bonds is 5. The summed E-state index contributed by atoms with van der Waals surface area (Å²) in [6.07, 6.45) is 2.44. The van der Waals surface area contributed by atoms with Crippen molar-refractivity contribution in [1.29, 1.82) is 0 Å². The second-order valence-corrected chi connectivity index (χ2v) is 9.22. The van der Waals surface area contributed by atoms with Crippen LogP contribution in [0.5, 0.6) is 0 Å². The molecule has 3 aromatic rings. The lowest BCUT2D eigenvalue weighted by atomic mass is 10.0. The smallest absolute Gasteiger partial charge is 0.282 e. The third-order valence-electron chi connectivity index (χ3n) is 6.64. The van der Waals surface area contributed by atoms with Gasteiger partial charge in [0, 0.05) is 24.5 Å². The Morgan fingerprint density at radius 3 is 2.06 bits per heavy atom. The molecule has 0 saturated carbocycles. The first-order valence-electron chi connectivity index (χ1n) is 11.8. The zero-order valence-corrected chi connectivity index (χ0v) is 19.9. The van der Waals surface area contributed by atoms with E-state index in [1.54, 1.807) is 0 Å². The fourth-order valence-corrected chi connectivity index (χ4v) is 4.69. The van der Waals surface area contributed by atoms with Gasteiger partial charge in [0.2, 0.25) is 0 Å². The molecule has 5 rings (SSSR count). The summed E-state index contributed by atoms with van der Waals surface area (Å²) in [5, 5.41) is 3.28. The van der Waals surface area contributed by atoms with Gasteiger partial charge in [-0.1, -0.05) is 42.0 Å². The molecule has 0 atom stereocenters. The molecule has 2 aliphatic rings. The van der Waals surface area contributed by atoms with Crippen LogP contribution in [0.1, 0.15) is 35.1 Å². The minimum Gasteiger partial charge on any atom is -0.372 e. The summed E-state index contributed by atoms with van der Waals surface area (Å²) < 4.78 is 0. The van der Waals surface area contributed by atoms with E-state index in [0.29, 0.717) is 17.0 Å². The number of nitrogens with zero attached hydrogens (tertiary/aromatic N) is 2. The van der Waals surface area contributed by atoms with Crippen LogP contribution in [0.3, 0.4) is 0 Å². The standard InChI is InChI=1S/C29H29N3O2/c1-19-7-10-22(11-8-19)26-27(30-23-12-14-24(15-13-23)31-16-4-5-17-31)29(34)32(28(26)33)25-18-20(2)6-9-21(25)3/h6-15,18,30H,4-5,16-17H2,1-3H3. The lowest BCUT2D eigenvalue weighted by Gasteiger charge is -2.19. The molecule has 1 fully saturated rings. The van der Waals surface area contributed by atoms with Crippen molar-refractivity contribution in [3.05, 3.63) is 94.7 Å². The van der Waals surface area contributed by atoms with Crippen LogP contribution in [-0.4, -0.2) is 24.9 Å². The van der Waals surface area contributed by atoms with E-state index in [4.69, 9.17) is 0 Å². The van der Waals surface area contributed by atoms with E-state index >= 15 is 0 Å². The van der Waals surface area contributed by atoms with Crippen molar-refractivity contribution in [1.82, 2.24) is 0 Å². The molecule has 172 valence electrons. The van der Waals surface area contributed by atoms with E-state index in [1.807, 2.05) is 75.4 Å². The van der Waals surface area contributed by atoms with E-state index in [-0.39, 0.29) is 11.8 Å². The fraction of sp³-hybridized carbons (Fsp3) is 0.241. The third kappa shape index (κ3) is 3.98. The van der Waals surface area contributed by atoms with Crippen molar-refractivity contribution in [3.63, 3.8) is 0 Å². The molecule has 0 unspecified atom stereocenters. The highest BCUT2D eigenvalue weighted by atomic mass is 16.2.